The lowest BCUT2D eigenvalue weighted by molar-refractivity contribution is -0.0963. The van der Waals surface area contributed by atoms with Gasteiger partial charge in [0.25, 0.3) is 0 Å². The SMILES string of the molecule is CON=C1CCC2(C)C3CCC4(C)C(C(C)=NOC)CCC4C3CC[C@@H]2C1. The highest BCUT2D eigenvalue weighted by atomic mass is 16.6. The molecule has 0 saturated heterocycles. The average molecular weight is 375 g/mol. The van der Waals surface area contributed by atoms with Gasteiger partial charge in [-0.3, -0.25) is 0 Å². The summed E-state index contributed by atoms with van der Waals surface area (Å²) in [5.41, 5.74) is 3.45. The second-order valence-electron chi connectivity index (χ2n) is 10.3. The Balaban J connectivity index is 1.56. The monoisotopic (exact) mass is 374 g/mol. The Hall–Kier alpha value is -1.06. The molecule has 0 radical (unpaired) electrons. The third-order valence-corrected chi connectivity index (χ3v) is 9.46. The Labute approximate surface area is 165 Å². The van der Waals surface area contributed by atoms with Crippen molar-refractivity contribution in [2.45, 2.75) is 78.6 Å². The third kappa shape index (κ3) is 2.93. The predicted molar refractivity (Wildman–Crippen MR) is 110 cm³/mol. The van der Waals surface area contributed by atoms with Crippen LogP contribution in [0.3, 0.4) is 0 Å². The fourth-order valence-corrected chi connectivity index (χ4v) is 8.17. The van der Waals surface area contributed by atoms with Gasteiger partial charge in [0.15, 0.2) is 0 Å². The molecule has 4 aliphatic rings. The zero-order valence-electron chi connectivity index (χ0n) is 18.0. The molecule has 4 aliphatic carbocycles. The molecule has 6 unspecified atom stereocenters. The molecule has 0 spiro atoms. The van der Waals surface area contributed by atoms with E-state index in [-0.39, 0.29) is 0 Å². The van der Waals surface area contributed by atoms with Gasteiger partial charge in [-0.15, -0.1) is 0 Å². The van der Waals surface area contributed by atoms with E-state index in [1.165, 1.54) is 56.4 Å². The molecule has 0 aliphatic heterocycles. The quantitative estimate of drug-likeness (QED) is 0.472. The van der Waals surface area contributed by atoms with E-state index in [0.717, 1.165) is 36.5 Å². The maximum absolute atomic E-state index is 5.13. The maximum atomic E-state index is 5.13. The van der Waals surface area contributed by atoms with E-state index in [1.54, 1.807) is 14.2 Å². The van der Waals surface area contributed by atoms with Crippen molar-refractivity contribution in [3.8, 4) is 0 Å². The summed E-state index contributed by atoms with van der Waals surface area (Å²) in [6.45, 7) is 7.37. The van der Waals surface area contributed by atoms with Gasteiger partial charge in [0.05, 0.1) is 11.4 Å². The second kappa shape index (κ2) is 7.08. The van der Waals surface area contributed by atoms with Gasteiger partial charge in [0.2, 0.25) is 0 Å². The summed E-state index contributed by atoms with van der Waals surface area (Å²) in [6.07, 6.45) is 11.8. The maximum Gasteiger partial charge on any atom is 0.106 e. The fourth-order valence-electron chi connectivity index (χ4n) is 8.17. The average Bonchev–Trinajstić information content (AvgIpc) is 3.00. The van der Waals surface area contributed by atoms with Crippen molar-refractivity contribution in [3.05, 3.63) is 0 Å². The minimum Gasteiger partial charge on any atom is -0.399 e. The molecule has 0 N–H and O–H groups in total. The van der Waals surface area contributed by atoms with E-state index in [4.69, 9.17) is 9.68 Å². The zero-order valence-corrected chi connectivity index (χ0v) is 18.0. The van der Waals surface area contributed by atoms with Crippen LogP contribution in [0, 0.1) is 40.4 Å². The van der Waals surface area contributed by atoms with E-state index in [9.17, 15) is 0 Å². The van der Waals surface area contributed by atoms with Crippen LogP contribution in [0.2, 0.25) is 0 Å². The lowest BCUT2D eigenvalue weighted by atomic mass is 9.44. The van der Waals surface area contributed by atoms with Crippen molar-refractivity contribution in [1.82, 2.24) is 0 Å². The highest BCUT2D eigenvalue weighted by molar-refractivity contribution is 5.85. The largest absolute Gasteiger partial charge is 0.399 e. The number of rotatable bonds is 3. The molecule has 0 bridgehead atoms. The Morgan fingerprint density at radius 3 is 2.44 bits per heavy atom. The van der Waals surface area contributed by atoms with Crippen molar-refractivity contribution in [1.29, 1.82) is 0 Å². The van der Waals surface area contributed by atoms with Crippen molar-refractivity contribution in [2.75, 3.05) is 14.2 Å². The summed E-state index contributed by atoms with van der Waals surface area (Å²) in [7, 11) is 3.37. The first-order chi connectivity index (χ1) is 12.9. The van der Waals surface area contributed by atoms with Gasteiger partial charge >= 0.3 is 0 Å². The minimum atomic E-state index is 0.424. The Bertz CT molecular complexity index is 630. The first kappa shape index (κ1) is 19.3. The van der Waals surface area contributed by atoms with E-state index >= 15 is 0 Å². The summed E-state index contributed by atoms with van der Waals surface area (Å²) in [5, 5.41) is 8.66. The molecule has 0 aromatic heterocycles. The van der Waals surface area contributed by atoms with Crippen molar-refractivity contribution >= 4 is 11.4 Å². The summed E-state index contributed by atoms with van der Waals surface area (Å²) >= 11 is 0. The molecule has 4 saturated carbocycles. The number of hydrogen-bond acceptors (Lipinski definition) is 4. The molecule has 4 nitrogen and oxygen atoms in total. The number of fused-ring (bicyclic) bond motifs is 5. The molecule has 27 heavy (non-hydrogen) atoms. The highest BCUT2D eigenvalue weighted by Gasteiger charge is 2.60. The van der Waals surface area contributed by atoms with Crippen LogP contribution in [0.15, 0.2) is 10.3 Å². The standard InChI is InChI=1S/C23H38N2O2/c1-15(24-26-4)19-8-9-20-18-7-6-16-14-17(25-27-5)10-12-22(16,2)21(18)11-13-23(19,20)3/h16,18-21H,6-14H2,1-5H3/t16-,18?,19?,20?,21?,22?,23?/m1/s1. The molecular weight excluding hydrogens is 336 g/mol. The molecule has 0 amide bonds. The molecule has 7 atom stereocenters. The molecule has 4 heteroatoms. The van der Waals surface area contributed by atoms with Crippen LogP contribution >= 0.6 is 0 Å². The smallest absolute Gasteiger partial charge is 0.106 e. The minimum absolute atomic E-state index is 0.424. The van der Waals surface area contributed by atoms with Gasteiger partial charge in [-0.1, -0.05) is 24.2 Å². The van der Waals surface area contributed by atoms with Gasteiger partial charge in [-0.25, -0.2) is 0 Å². The van der Waals surface area contributed by atoms with E-state index in [1.807, 2.05) is 0 Å². The van der Waals surface area contributed by atoms with Crippen LogP contribution in [0.25, 0.3) is 0 Å². The summed E-state index contributed by atoms with van der Waals surface area (Å²) in [5.74, 6) is 4.10. The summed E-state index contributed by atoms with van der Waals surface area (Å²) in [4.78, 5) is 10.2. The second-order valence-corrected chi connectivity index (χ2v) is 10.3. The molecular formula is C23H38N2O2. The van der Waals surface area contributed by atoms with Crippen molar-refractivity contribution in [2.24, 2.45) is 50.7 Å². The third-order valence-electron chi connectivity index (χ3n) is 9.46. The topological polar surface area (TPSA) is 43.2 Å². The zero-order chi connectivity index (χ0) is 19.2. The Morgan fingerprint density at radius 1 is 0.926 bits per heavy atom. The van der Waals surface area contributed by atoms with Crippen LogP contribution in [-0.4, -0.2) is 25.6 Å². The number of nitrogens with zero attached hydrogens (tertiary/aromatic N) is 2. The first-order valence-electron chi connectivity index (χ1n) is 11.1. The van der Waals surface area contributed by atoms with Crippen molar-refractivity contribution in [3.63, 3.8) is 0 Å². The first-order valence-corrected chi connectivity index (χ1v) is 11.1. The van der Waals surface area contributed by atoms with Crippen LogP contribution in [-0.2, 0) is 9.68 Å². The lowest BCUT2D eigenvalue weighted by Gasteiger charge is -2.60. The van der Waals surface area contributed by atoms with Gasteiger partial charge in [-0.05, 0) is 99.2 Å². The van der Waals surface area contributed by atoms with Crippen LogP contribution in [0.4, 0.5) is 0 Å². The van der Waals surface area contributed by atoms with Gasteiger partial charge in [0, 0.05) is 5.92 Å². The number of hydrogen-bond donors (Lipinski definition) is 0. The summed E-state index contributed by atoms with van der Waals surface area (Å²) in [6, 6.07) is 0. The predicted octanol–water partition coefficient (Wildman–Crippen LogP) is 5.67. The normalized spacial score (nSPS) is 48.6. The Morgan fingerprint density at radius 2 is 1.70 bits per heavy atom. The highest BCUT2D eigenvalue weighted by Crippen LogP contribution is 2.67. The van der Waals surface area contributed by atoms with Gasteiger partial charge in [0.1, 0.15) is 14.2 Å². The van der Waals surface area contributed by atoms with Crippen LogP contribution in [0.5, 0.6) is 0 Å². The summed E-state index contributed by atoms with van der Waals surface area (Å²) < 4.78 is 0. The molecule has 0 aromatic rings. The van der Waals surface area contributed by atoms with E-state index in [2.05, 4.69) is 31.1 Å². The van der Waals surface area contributed by atoms with E-state index < -0.39 is 0 Å². The van der Waals surface area contributed by atoms with E-state index in [0.29, 0.717) is 16.7 Å². The van der Waals surface area contributed by atoms with Crippen LogP contribution < -0.4 is 0 Å². The molecule has 0 heterocycles. The van der Waals surface area contributed by atoms with Crippen LogP contribution in [0.1, 0.15) is 78.6 Å². The van der Waals surface area contributed by atoms with Gasteiger partial charge in [-0.2, -0.15) is 0 Å². The molecule has 4 fully saturated rings. The lowest BCUT2D eigenvalue weighted by Crippen LogP contribution is -2.53. The number of oxime groups is 2. The van der Waals surface area contributed by atoms with Crippen molar-refractivity contribution < 1.29 is 9.68 Å². The molecule has 152 valence electrons. The fraction of sp³-hybridized carbons (Fsp3) is 0.913. The Kier molecular flexibility index (Phi) is 5.05. The molecule has 4 rings (SSSR count). The van der Waals surface area contributed by atoms with Gasteiger partial charge < -0.3 is 9.68 Å². The molecule has 0 aromatic carbocycles.